The molecule has 0 aliphatic heterocycles. The molecular weight excluding hydrogens is 500 g/mol. The molecular formula is C35H52O5. The second kappa shape index (κ2) is 16.0. The lowest BCUT2D eigenvalue weighted by molar-refractivity contribution is -0.137. The molecule has 2 atom stereocenters. The van der Waals surface area contributed by atoms with Crippen molar-refractivity contribution in [2.75, 3.05) is 6.61 Å². The van der Waals surface area contributed by atoms with E-state index in [1.165, 1.54) is 29.5 Å². The Hall–Kier alpha value is -2.63. The minimum Gasteiger partial charge on any atom is -0.491 e. The highest BCUT2D eigenvalue weighted by Crippen LogP contribution is 2.41. The van der Waals surface area contributed by atoms with Gasteiger partial charge in [-0.25, -0.2) is 0 Å². The molecule has 2 rings (SSSR count). The molecule has 0 saturated carbocycles. The van der Waals surface area contributed by atoms with E-state index in [-0.39, 0.29) is 24.9 Å². The van der Waals surface area contributed by atoms with E-state index in [0.29, 0.717) is 12.2 Å². The van der Waals surface area contributed by atoms with Crippen LogP contribution in [0.25, 0.3) is 6.08 Å². The van der Waals surface area contributed by atoms with E-state index in [4.69, 9.17) is 9.84 Å². The first kappa shape index (κ1) is 33.6. The van der Waals surface area contributed by atoms with Gasteiger partial charge in [-0.05, 0) is 79.8 Å². The number of aryl methyl sites for hydroxylation is 2. The molecule has 1 unspecified atom stereocenters. The lowest BCUT2D eigenvalue weighted by atomic mass is 9.70. The van der Waals surface area contributed by atoms with Gasteiger partial charge in [-0.3, -0.25) is 4.79 Å². The standard InChI is InChI=1S/C35H52O5/c1-7-11-12-13-21-34(39,8-2)22-20-28-14-15-29(23-26(28)5)35(9-3,10-4)30-16-18-32(27(6)24-30)40-25-31(36)17-19-33(37)38/h14-16,18,20,22-24,31,36,39H,7-13,17,19,21,25H2,1-6H3,(H,37,38)/t31-,34?/m0/s1. The van der Waals surface area contributed by atoms with Crippen LogP contribution in [0.3, 0.4) is 0 Å². The van der Waals surface area contributed by atoms with Crippen LogP contribution in [-0.4, -0.2) is 39.6 Å². The van der Waals surface area contributed by atoms with E-state index in [1.807, 2.05) is 19.1 Å². The fraction of sp³-hybridized carbons (Fsp3) is 0.571. The summed E-state index contributed by atoms with van der Waals surface area (Å²) in [7, 11) is 0. The number of hydrogen-bond acceptors (Lipinski definition) is 4. The summed E-state index contributed by atoms with van der Waals surface area (Å²) in [4.78, 5) is 10.7. The average molecular weight is 553 g/mol. The van der Waals surface area contributed by atoms with E-state index in [1.54, 1.807) is 0 Å². The van der Waals surface area contributed by atoms with Gasteiger partial charge in [0.05, 0.1) is 11.7 Å². The third-order valence-corrected chi connectivity index (χ3v) is 8.53. The van der Waals surface area contributed by atoms with Crippen LogP contribution in [0.5, 0.6) is 5.75 Å². The zero-order chi connectivity index (χ0) is 29.8. The Kier molecular flexibility index (Phi) is 13.4. The fourth-order valence-corrected chi connectivity index (χ4v) is 5.54. The number of hydrogen-bond donors (Lipinski definition) is 3. The second-order valence-electron chi connectivity index (χ2n) is 11.3. The number of aliphatic carboxylic acids is 1. The summed E-state index contributed by atoms with van der Waals surface area (Å²) in [5.74, 6) is -0.219. The first-order valence-corrected chi connectivity index (χ1v) is 15.2. The Morgan fingerprint density at radius 2 is 1.57 bits per heavy atom. The zero-order valence-corrected chi connectivity index (χ0v) is 25.6. The smallest absolute Gasteiger partial charge is 0.303 e. The zero-order valence-electron chi connectivity index (χ0n) is 25.6. The Bertz CT molecular complexity index is 1100. The maximum absolute atomic E-state index is 11.1. The van der Waals surface area contributed by atoms with Crippen LogP contribution in [0.1, 0.15) is 120 Å². The van der Waals surface area contributed by atoms with Crippen molar-refractivity contribution in [2.45, 2.75) is 123 Å². The molecule has 0 fully saturated rings. The van der Waals surface area contributed by atoms with Crippen molar-refractivity contribution in [3.63, 3.8) is 0 Å². The van der Waals surface area contributed by atoms with Gasteiger partial charge in [0.25, 0.3) is 0 Å². The van der Waals surface area contributed by atoms with Crippen molar-refractivity contribution < 1.29 is 24.9 Å². The van der Waals surface area contributed by atoms with Gasteiger partial charge < -0.3 is 20.1 Å². The Morgan fingerprint density at radius 1 is 0.925 bits per heavy atom. The van der Waals surface area contributed by atoms with Crippen molar-refractivity contribution >= 4 is 12.0 Å². The van der Waals surface area contributed by atoms with Crippen LogP contribution in [0.4, 0.5) is 0 Å². The topological polar surface area (TPSA) is 87.0 Å². The number of aliphatic hydroxyl groups is 2. The number of rotatable bonds is 18. The van der Waals surface area contributed by atoms with Gasteiger partial charge in [0.2, 0.25) is 0 Å². The molecule has 0 aliphatic carbocycles. The SMILES string of the molecule is CCCCCCC(O)(C=Cc1ccc(C(CC)(CC)c2ccc(OC[C@@H](O)CCC(=O)O)c(C)c2)cc1C)CC. The summed E-state index contributed by atoms with van der Waals surface area (Å²) in [5.41, 5.74) is 4.90. The molecule has 0 bridgehead atoms. The highest BCUT2D eigenvalue weighted by atomic mass is 16.5. The van der Waals surface area contributed by atoms with Crippen LogP contribution < -0.4 is 4.74 Å². The van der Waals surface area contributed by atoms with Crippen LogP contribution in [-0.2, 0) is 10.2 Å². The van der Waals surface area contributed by atoms with E-state index in [0.717, 1.165) is 43.2 Å². The Morgan fingerprint density at radius 3 is 2.12 bits per heavy atom. The molecule has 3 N–H and O–H groups in total. The summed E-state index contributed by atoms with van der Waals surface area (Å²) in [6.45, 7) is 12.9. The number of benzene rings is 2. The monoisotopic (exact) mass is 552 g/mol. The Labute approximate surface area is 242 Å². The highest BCUT2D eigenvalue weighted by molar-refractivity contribution is 5.66. The summed E-state index contributed by atoms with van der Waals surface area (Å²) < 4.78 is 5.84. The molecule has 40 heavy (non-hydrogen) atoms. The van der Waals surface area contributed by atoms with Gasteiger partial charge in [-0.1, -0.05) is 95.9 Å². The van der Waals surface area contributed by atoms with E-state index in [9.17, 15) is 15.0 Å². The van der Waals surface area contributed by atoms with Gasteiger partial charge in [0.15, 0.2) is 0 Å². The summed E-state index contributed by atoms with van der Waals surface area (Å²) in [6.07, 6.45) is 11.4. The minimum absolute atomic E-state index is 0.0697. The lowest BCUT2D eigenvalue weighted by Gasteiger charge is -2.34. The maximum atomic E-state index is 11.1. The largest absolute Gasteiger partial charge is 0.491 e. The van der Waals surface area contributed by atoms with Crippen LogP contribution in [0, 0.1) is 13.8 Å². The summed E-state index contributed by atoms with van der Waals surface area (Å²) >= 11 is 0. The molecule has 0 aromatic heterocycles. The number of carboxylic acids is 1. The maximum Gasteiger partial charge on any atom is 0.303 e. The van der Waals surface area contributed by atoms with Crippen molar-refractivity contribution in [1.29, 1.82) is 0 Å². The second-order valence-corrected chi connectivity index (χ2v) is 11.3. The number of ether oxygens (including phenoxy) is 1. The van der Waals surface area contributed by atoms with E-state index in [2.05, 4.69) is 71.0 Å². The quantitative estimate of drug-likeness (QED) is 0.163. The fourth-order valence-electron chi connectivity index (χ4n) is 5.54. The van der Waals surface area contributed by atoms with Crippen molar-refractivity contribution in [3.05, 3.63) is 70.3 Å². The number of unbranched alkanes of at least 4 members (excludes halogenated alkanes) is 3. The predicted molar refractivity (Wildman–Crippen MR) is 165 cm³/mol. The molecule has 0 spiro atoms. The number of aliphatic hydroxyl groups excluding tert-OH is 1. The number of carboxylic acid groups (broad SMARTS) is 1. The molecule has 0 heterocycles. The Balaban J connectivity index is 2.25. The highest BCUT2D eigenvalue weighted by Gasteiger charge is 2.31. The van der Waals surface area contributed by atoms with Crippen LogP contribution >= 0.6 is 0 Å². The third-order valence-electron chi connectivity index (χ3n) is 8.53. The van der Waals surface area contributed by atoms with E-state index >= 15 is 0 Å². The summed E-state index contributed by atoms with van der Waals surface area (Å²) in [6, 6.07) is 12.9. The molecule has 2 aromatic rings. The van der Waals surface area contributed by atoms with Gasteiger partial charge >= 0.3 is 5.97 Å². The molecule has 222 valence electrons. The van der Waals surface area contributed by atoms with Crippen LogP contribution in [0.15, 0.2) is 42.5 Å². The molecule has 0 radical (unpaired) electrons. The van der Waals surface area contributed by atoms with Crippen LogP contribution in [0.2, 0.25) is 0 Å². The molecule has 5 nitrogen and oxygen atoms in total. The lowest BCUT2D eigenvalue weighted by Crippen LogP contribution is -2.26. The van der Waals surface area contributed by atoms with Crippen molar-refractivity contribution in [2.24, 2.45) is 0 Å². The van der Waals surface area contributed by atoms with Crippen molar-refractivity contribution in [3.8, 4) is 5.75 Å². The normalized spacial score (nSPS) is 14.3. The number of carbonyl (C=O) groups is 1. The summed E-state index contributed by atoms with van der Waals surface area (Å²) in [5, 5.41) is 30.0. The van der Waals surface area contributed by atoms with E-state index < -0.39 is 17.7 Å². The molecule has 5 heteroatoms. The van der Waals surface area contributed by atoms with Gasteiger partial charge in [-0.2, -0.15) is 0 Å². The average Bonchev–Trinajstić information content (AvgIpc) is 2.94. The first-order valence-electron chi connectivity index (χ1n) is 15.2. The minimum atomic E-state index is -0.922. The predicted octanol–water partition coefficient (Wildman–Crippen LogP) is 8.14. The van der Waals surface area contributed by atoms with Gasteiger partial charge in [0, 0.05) is 11.8 Å². The van der Waals surface area contributed by atoms with Gasteiger partial charge in [0.1, 0.15) is 12.4 Å². The first-order chi connectivity index (χ1) is 19.0. The van der Waals surface area contributed by atoms with Gasteiger partial charge in [-0.15, -0.1) is 0 Å². The molecule has 0 saturated heterocycles. The van der Waals surface area contributed by atoms with Crippen molar-refractivity contribution in [1.82, 2.24) is 0 Å². The molecule has 0 amide bonds. The third kappa shape index (κ3) is 9.21. The molecule has 0 aliphatic rings. The molecule has 2 aromatic carbocycles.